The van der Waals surface area contributed by atoms with E-state index < -0.39 is 30.7 Å². The number of hydrogen-bond donors (Lipinski definition) is 2. The molecule has 1 aliphatic rings. The van der Waals surface area contributed by atoms with Crippen molar-refractivity contribution in [2.75, 3.05) is 13.1 Å². The van der Waals surface area contributed by atoms with Gasteiger partial charge in [-0.15, -0.1) is 0 Å². The van der Waals surface area contributed by atoms with Crippen LogP contribution in [-0.4, -0.2) is 30.7 Å². The van der Waals surface area contributed by atoms with Crippen LogP contribution in [0.5, 0.6) is 0 Å². The predicted octanol–water partition coefficient (Wildman–Crippen LogP) is 0.311. The van der Waals surface area contributed by atoms with Crippen molar-refractivity contribution in [2.45, 2.75) is 24.6 Å². The smallest absolute Gasteiger partial charge is 0.337 e. The molecular weight excluding hydrogens is 211 g/mol. The Balaban J connectivity index is 2.18. The SMILES string of the molecule is N#CC1(NC(=O)CNCC(F)(F)F)CC1. The van der Waals surface area contributed by atoms with Gasteiger partial charge in [-0.25, -0.2) is 0 Å². The summed E-state index contributed by atoms with van der Waals surface area (Å²) in [4.78, 5) is 11.1. The molecule has 0 unspecified atom stereocenters. The van der Waals surface area contributed by atoms with Crippen molar-refractivity contribution in [1.82, 2.24) is 10.6 Å². The average molecular weight is 221 g/mol. The molecule has 0 spiro atoms. The van der Waals surface area contributed by atoms with Crippen molar-refractivity contribution in [1.29, 1.82) is 5.26 Å². The van der Waals surface area contributed by atoms with E-state index in [9.17, 15) is 18.0 Å². The Labute approximate surface area is 84.4 Å². The van der Waals surface area contributed by atoms with Crippen molar-refractivity contribution >= 4 is 5.91 Å². The third kappa shape index (κ3) is 4.16. The summed E-state index contributed by atoms with van der Waals surface area (Å²) in [6.07, 6.45) is -3.20. The van der Waals surface area contributed by atoms with Crippen molar-refractivity contribution in [3.05, 3.63) is 0 Å². The topological polar surface area (TPSA) is 64.9 Å². The van der Waals surface area contributed by atoms with E-state index in [0.717, 1.165) is 0 Å². The fraction of sp³-hybridized carbons (Fsp3) is 0.750. The van der Waals surface area contributed by atoms with Crippen LogP contribution >= 0.6 is 0 Å². The van der Waals surface area contributed by atoms with Crippen LogP contribution < -0.4 is 10.6 Å². The van der Waals surface area contributed by atoms with Crippen LogP contribution in [0, 0.1) is 11.3 Å². The van der Waals surface area contributed by atoms with Gasteiger partial charge < -0.3 is 10.6 Å². The van der Waals surface area contributed by atoms with Gasteiger partial charge in [0.15, 0.2) is 0 Å². The van der Waals surface area contributed by atoms with Gasteiger partial charge in [0.25, 0.3) is 0 Å². The maximum absolute atomic E-state index is 11.7. The minimum atomic E-state index is -4.33. The first kappa shape index (κ1) is 11.8. The van der Waals surface area contributed by atoms with Crippen molar-refractivity contribution < 1.29 is 18.0 Å². The highest BCUT2D eigenvalue weighted by molar-refractivity contribution is 5.79. The molecule has 0 saturated heterocycles. The molecule has 0 aliphatic heterocycles. The zero-order chi connectivity index (χ0) is 11.5. The Kier molecular flexibility index (Phi) is 3.19. The molecule has 0 aromatic rings. The lowest BCUT2D eigenvalue weighted by Gasteiger charge is -2.10. The Morgan fingerprint density at radius 3 is 2.47 bits per heavy atom. The molecule has 0 bridgehead atoms. The molecule has 2 N–H and O–H groups in total. The van der Waals surface area contributed by atoms with Gasteiger partial charge in [-0.2, -0.15) is 18.4 Å². The highest BCUT2D eigenvalue weighted by atomic mass is 19.4. The molecule has 1 amide bonds. The number of carbonyl (C=O) groups is 1. The molecule has 7 heteroatoms. The van der Waals surface area contributed by atoms with Gasteiger partial charge in [-0.3, -0.25) is 4.79 Å². The molecule has 1 fully saturated rings. The Morgan fingerprint density at radius 2 is 2.07 bits per heavy atom. The maximum atomic E-state index is 11.7. The summed E-state index contributed by atoms with van der Waals surface area (Å²) in [6.45, 7) is -1.64. The second-order valence-corrected chi connectivity index (χ2v) is 3.46. The van der Waals surface area contributed by atoms with Crippen LogP contribution in [0.1, 0.15) is 12.8 Å². The minimum Gasteiger partial charge on any atom is -0.337 e. The largest absolute Gasteiger partial charge is 0.401 e. The number of amides is 1. The van der Waals surface area contributed by atoms with Crippen LogP contribution in [0.2, 0.25) is 0 Å². The van der Waals surface area contributed by atoms with E-state index in [1.807, 2.05) is 11.4 Å². The fourth-order valence-electron chi connectivity index (χ4n) is 1.02. The maximum Gasteiger partial charge on any atom is 0.401 e. The lowest BCUT2D eigenvalue weighted by atomic mass is 10.3. The van der Waals surface area contributed by atoms with Crippen molar-refractivity contribution in [3.63, 3.8) is 0 Å². The first-order valence-electron chi connectivity index (χ1n) is 4.37. The third-order valence-corrected chi connectivity index (χ3v) is 1.95. The second kappa shape index (κ2) is 4.06. The van der Waals surface area contributed by atoms with Crippen LogP contribution in [0.3, 0.4) is 0 Å². The van der Waals surface area contributed by atoms with Gasteiger partial charge in [-0.05, 0) is 12.8 Å². The van der Waals surface area contributed by atoms with E-state index in [-0.39, 0.29) is 0 Å². The number of rotatable bonds is 4. The Morgan fingerprint density at radius 1 is 1.47 bits per heavy atom. The van der Waals surface area contributed by atoms with Crippen LogP contribution in [0.4, 0.5) is 13.2 Å². The van der Waals surface area contributed by atoms with E-state index in [1.165, 1.54) is 0 Å². The number of carbonyl (C=O) groups excluding carboxylic acids is 1. The van der Waals surface area contributed by atoms with E-state index >= 15 is 0 Å². The lowest BCUT2D eigenvalue weighted by molar-refractivity contribution is -0.128. The van der Waals surface area contributed by atoms with Crippen LogP contribution in [-0.2, 0) is 4.79 Å². The standard InChI is InChI=1S/C8H10F3N3O/c9-8(10,11)5-13-3-6(15)14-7(4-12)1-2-7/h13H,1-3,5H2,(H,14,15). The Hall–Kier alpha value is -1.29. The first-order chi connectivity index (χ1) is 6.87. The summed E-state index contributed by atoms with van der Waals surface area (Å²) in [5.74, 6) is -0.585. The molecular formula is C8H10F3N3O. The first-order valence-corrected chi connectivity index (χ1v) is 4.37. The van der Waals surface area contributed by atoms with Crippen LogP contribution in [0.15, 0.2) is 0 Å². The van der Waals surface area contributed by atoms with Gasteiger partial charge in [-0.1, -0.05) is 0 Å². The molecule has 1 saturated carbocycles. The molecule has 1 rings (SSSR count). The molecule has 0 aromatic carbocycles. The van der Waals surface area contributed by atoms with E-state index in [2.05, 4.69) is 5.32 Å². The summed E-state index contributed by atoms with van der Waals surface area (Å²) in [6, 6.07) is 1.91. The monoisotopic (exact) mass is 221 g/mol. The zero-order valence-electron chi connectivity index (χ0n) is 7.82. The molecule has 0 aromatic heterocycles. The highest BCUT2D eigenvalue weighted by Gasteiger charge is 2.44. The van der Waals surface area contributed by atoms with E-state index in [1.54, 1.807) is 0 Å². The normalized spacial score (nSPS) is 18.0. The van der Waals surface area contributed by atoms with Crippen molar-refractivity contribution in [3.8, 4) is 6.07 Å². The zero-order valence-corrected chi connectivity index (χ0v) is 7.82. The molecule has 15 heavy (non-hydrogen) atoms. The molecule has 0 heterocycles. The fourth-order valence-corrected chi connectivity index (χ4v) is 1.02. The average Bonchev–Trinajstić information content (AvgIpc) is 2.83. The summed E-state index contributed by atoms with van der Waals surface area (Å²) < 4.78 is 35.0. The number of nitrogens with zero attached hydrogens (tertiary/aromatic N) is 1. The Bertz CT molecular complexity index is 290. The predicted molar refractivity (Wildman–Crippen MR) is 44.6 cm³/mol. The molecule has 4 nitrogen and oxygen atoms in total. The van der Waals surface area contributed by atoms with Gasteiger partial charge in [0.2, 0.25) is 5.91 Å². The van der Waals surface area contributed by atoms with Gasteiger partial charge >= 0.3 is 6.18 Å². The number of hydrogen-bond acceptors (Lipinski definition) is 3. The third-order valence-electron chi connectivity index (χ3n) is 1.95. The summed E-state index contributed by atoms with van der Waals surface area (Å²) in [5.41, 5.74) is -0.822. The summed E-state index contributed by atoms with van der Waals surface area (Å²) >= 11 is 0. The van der Waals surface area contributed by atoms with E-state index in [4.69, 9.17) is 5.26 Å². The highest BCUT2D eigenvalue weighted by Crippen LogP contribution is 2.33. The molecule has 0 atom stereocenters. The summed E-state index contributed by atoms with van der Waals surface area (Å²) in [5, 5.41) is 12.9. The second-order valence-electron chi connectivity index (χ2n) is 3.46. The van der Waals surface area contributed by atoms with Gasteiger partial charge in [0.05, 0.1) is 19.2 Å². The van der Waals surface area contributed by atoms with E-state index in [0.29, 0.717) is 12.8 Å². The van der Waals surface area contributed by atoms with Crippen molar-refractivity contribution in [2.24, 2.45) is 0 Å². The number of nitriles is 1. The van der Waals surface area contributed by atoms with Gasteiger partial charge in [0.1, 0.15) is 5.54 Å². The number of nitrogens with one attached hydrogen (secondary N) is 2. The molecule has 84 valence electrons. The molecule has 0 radical (unpaired) electrons. The van der Waals surface area contributed by atoms with Crippen LogP contribution in [0.25, 0.3) is 0 Å². The lowest BCUT2D eigenvalue weighted by Crippen LogP contribution is -2.43. The summed E-state index contributed by atoms with van der Waals surface area (Å²) in [7, 11) is 0. The van der Waals surface area contributed by atoms with Gasteiger partial charge in [0, 0.05) is 0 Å². The minimum absolute atomic E-state index is 0.428. The molecule has 1 aliphatic carbocycles. The quantitative estimate of drug-likeness (QED) is 0.718. The number of halogens is 3. The number of alkyl halides is 3.